The number of carbonyl (C=O) groups is 1. The van der Waals surface area contributed by atoms with E-state index < -0.39 is 17.2 Å². The van der Waals surface area contributed by atoms with Gasteiger partial charge in [-0.05, 0) is 49.1 Å². The van der Waals surface area contributed by atoms with Crippen molar-refractivity contribution in [2.75, 3.05) is 19.6 Å². The van der Waals surface area contributed by atoms with Crippen molar-refractivity contribution >= 4 is 16.9 Å². The number of ether oxygens (including phenoxy) is 1. The van der Waals surface area contributed by atoms with Crippen LogP contribution in [0.5, 0.6) is 0 Å². The molecule has 0 radical (unpaired) electrons. The van der Waals surface area contributed by atoms with Gasteiger partial charge in [0.2, 0.25) is 0 Å². The first-order chi connectivity index (χ1) is 19.5. The van der Waals surface area contributed by atoms with Crippen LogP contribution in [-0.2, 0) is 22.6 Å². The normalized spacial score (nSPS) is 14.6. The van der Waals surface area contributed by atoms with Gasteiger partial charge in [-0.15, -0.1) is 0 Å². The zero-order chi connectivity index (χ0) is 27.9. The summed E-state index contributed by atoms with van der Waals surface area (Å²) in [5.74, 6) is -1.04. The number of aryl methyl sites for hydroxylation is 1. The number of para-hydroxylation sites is 1. The number of carboxylic acid groups (broad SMARTS) is 1. The van der Waals surface area contributed by atoms with Gasteiger partial charge in [0.25, 0.3) is 5.56 Å². The summed E-state index contributed by atoms with van der Waals surface area (Å²) < 4.78 is 9.33. The molecular weight excluding hydrogens is 506 g/mol. The number of benzene rings is 3. The van der Waals surface area contributed by atoms with E-state index in [0.29, 0.717) is 17.4 Å². The third kappa shape index (κ3) is 6.41. The lowest BCUT2D eigenvalue weighted by Crippen LogP contribution is -2.41. The lowest BCUT2D eigenvalue weighted by Gasteiger charge is -2.34. The number of carboxylic acids is 1. The fourth-order valence-corrected chi connectivity index (χ4v) is 5.51. The van der Waals surface area contributed by atoms with E-state index in [1.807, 2.05) is 42.5 Å². The smallest absolute Gasteiger partial charge is 0.331 e. The molecule has 1 fully saturated rings. The highest BCUT2D eigenvalue weighted by Gasteiger charge is 2.25. The number of aliphatic carboxylic acids is 1. The topological polar surface area (TPSA) is 93.8 Å². The van der Waals surface area contributed by atoms with Gasteiger partial charge in [0.15, 0.2) is 0 Å². The van der Waals surface area contributed by atoms with Gasteiger partial charge in [-0.25, -0.2) is 4.79 Å². The second-order valence-corrected chi connectivity index (χ2v) is 10.3. The van der Waals surface area contributed by atoms with Crippen LogP contribution in [-0.4, -0.2) is 50.8 Å². The predicted molar refractivity (Wildman–Crippen MR) is 155 cm³/mol. The molecule has 1 aromatic heterocycles. The van der Waals surface area contributed by atoms with Crippen molar-refractivity contribution in [1.29, 1.82) is 0 Å². The van der Waals surface area contributed by atoms with Gasteiger partial charge in [0.1, 0.15) is 6.10 Å². The molecule has 8 heteroatoms. The molecule has 0 atom stereocenters. The molecule has 0 saturated carbocycles. The Balaban J connectivity index is 1.21. The summed E-state index contributed by atoms with van der Waals surface area (Å²) >= 11 is 0. The monoisotopic (exact) mass is 541 g/mol. The van der Waals surface area contributed by atoms with Crippen LogP contribution in [0.4, 0.5) is 0 Å². The van der Waals surface area contributed by atoms with E-state index in [4.69, 9.17) is 9.84 Å². The minimum absolute atomic E-state index is 0.101. The molecule has 4 aromatic rings. The average Bonchev–Trinajstić information content (AvgIpc) is 2.99. The lowest BCUT2D eigenvalue weighted by molar-refractivity contribution is -0.137. The molecule has 1 saturated heterocycles. The summed E-state index contributed by atoms with van der Waals surface area (Å²) in [5.41, 5.74) is 2.00. The Morgan fingerprint density at radius 2 is 1.40 bits per heavy atom. The number of aromatic nitrogens is 2. The average molecular weight is 542 g/mol. The van der Waals surface area contributed by atoms with Crippen molar-refractivity contribution in [1.82, 2.24) is 14.0 Å². The van der Waals surface area contributed by atoms with E-state index in [1.165, 1.54) is 0 Å². The number of nitrogens with zero attached hydrogens (tertiary/aromatic N) is 3. The fourth-order valence-electron chi connectivity index (χ4n) is 5.51. The largest absolute Gasteiger partial charge is 0.481 e. The highest BCUT2D eigenvalue weighted by molar-refractivity contribution is 5.77. The number of rotatable bonds is 11. The lowest BCUT2D eigenvalue weighted by atomic mass is 10.00. The Morgan fingerprint density at radius 1 is 0.800 bits per heavy atom. The van der Waals surface area contributed by atoms with E-state index in [-0.39, 0.29) is 25.2 Å². The summed E-state index contributed by atoms with van der Waals surface area (Å²) in [6.45, 7) is 2.96. The number of likely N-dealkylation sites (tertiary alicyclic amines) is 1. The Bertz CT molecular complexity index is 1500. The molecule has 1 aliphatic heterocycles. The van der Waals surface area contributed by atoms with Crippen LogP contribution in [0.1, 0.15) is 42.9 Å². The second kappa shape index (κ2) is 12.9. The summed E-state index contributed by atoms with van der Waals surface area (Å²) in [7, 11) is 0. The van der Waals surface area contributed by atoms with E-state index in [0.717, 1.165) is 54.6 Å². The summed E-state index contributed by atoms with van der Waals surface area (Å²) in [6.07, 6.45) is 2.38. The molecule has 8 nitrogen and oxygen atoms in total. The summed E-state index contributed by atoms with van der Waals surface area (Å²) in [6, 6.07) is 27.7. The molecule has 0 aliphatic carbocycles. The van der Waals surface area contributed by atoms with E-state index in [2.05, 4.69) is 29.2 Å². The number of hydrogen-bond donors (Lipinski definition) is 1. The molecule has 208 valence electrons. The maximum absolute atomic E-state index is 13.2. The highest BCUT2D eigenvalue weighted by atomic mass is 16.5. The van der Waals surface area contributed by atoms with Crippen molar-refractivity contribution in [3.63, 3.8) is 0 Å². The van der Waals surface area contributed by atoms with Gasteiger partial charge in [-0.1, -0.05) is 72.8 Å². The zero-order valence-electron chi connectivity index (χ0n) is 22.5. The van der Waals surface area contributed by atoms with Gasteiger partial charge in [-0.2, -0.15) is 0 Å². The van der Waals surface area contributed by atoms with Crippen LogP contribution >= 0.6 is 0 Å². The standard InChI is InChI=1S/C32H35N3O5/c36-29(37)18-23-35-31(38)27-14-7-8-15-28(27)34(32(35)39)20-9-19-33-21-16-26(17-22-33)40-30(24-10-3-1-4-11-24)25-12-5-2-6-13-25/h1-8,10-15,26,30H,9,16-23H2,(H,36,37). The van der Waals surface area contributed by atoms with Gasteiger partial charge in [0.05, 0.1) is 23.4 Å². The summed E-state index contributed by atoms with van der Waals surface area (Å²) in [5, 5.41) is 9.50. The minimum Gasteiger partial charge on any atom is -0.481 e. The quantitative estimate of drug-likeness (QED) is 0.304. The van der Waals surface area contributed by atoms with Crippen LogP contribution in [0.2, 0.25) is 0 Å². The first-order valence-corrected chi connectivity index (χ1v) is 13.9. The van der Waals surface area contributed by atoms with Crippen molar-refractivity contribution in [2.45, 2.75) is 51.0 Å². The molecule has 1 aliphatic rings. The van der Waals surface area contributed by atoms with E-state index in [1.54, 1.807) is 22.8 Å². The Kier molecular flexibility index (Phi) is 8.88. The van der Waals surface area contributed by atoms with Gasteiger partial charge in [-0.3, -0.25) is 18.7 Å². The molecule has 40 heavy (non-hydrogen) atoms. The van der Waals surface area contributed by atoms with Crippen molar-refractivity contribution in [2.24, 2.45) is 0 Å². The minimum atomic E-state index is -1.04. The zero-order valence-corrected chi connectivity index (χ0v) is 22.5. The van der Waals surface area contributed by atoms with Crippen LogP contribution in [0.3, 0.4) is 0 Å². The molecular formula is C32H35N3O5. The maximum atomic E-state index is 13.2. The third-order valence-electron chi connectivity index (χ3n) is 7.61. The maximum Gasteiger partial charge on any atom is 0.331 e. The highest BCUT2D eigenvalue weighted by Crippen LogP contribution is 2.30. The predicted octanol–water partition coefficient (Wildman–Crippen LogP) is 4.30. The van der Waals surface area contributed by atoms with Gasteiger partial charge < -0.3 is 14.7 Å². The molecule has 5 rings (SSSR count). The summed E-state index contributed by atoms with van der Waals surface area (Å²) in [4.78, 5) is 39.5. The molecule has 3 aromatic carbocycles. The molecule has 1 N–H and O–H groups in total. The second-order valence-electron chi connectivity index (χ2n) is 10.3. The van der Waals surface area contributed by atoms with Crippen LogP contribution in [0.25, 0.3) is 10.9 Å². The molecule has 0 spiro atoms. The number of piperidine rings is 1. The van der Waals surface area contributed by atoms with Crippen molar-refractivity contribution < 1.29 is 14.6 Å². The number of fused-ring (bicyclic) bond motifs is 1. The fraction of sp³-hybridized carbons (Fsp3) is 0.344. The first-order valence-electron chi connectivity index (χ1n) is 13.9. The van der Waals surface area contributed by atoms with E-state index in [9.17, 15) is 14.4 Å². The number of hydrogen-bond acceptors (Lipinski definition) is 5. The van der Waals surface area contributed by atoms with Crippen molar-refractivity contribution in [3.8, 4) is 0 Å². The molecule has 2 heterocycles. The van der Waals surface area contributed by atoms with Crippen LogP contribution in [0, 0.1) is 0 Å². The molecule has 0 amide bonds. The van der Waals surface area contributed by atoms with Crippen molar-refractivity contribution in [3.05, 3.63) is 117 Å². The molecule has 0 unspecified atom stereocenters. The third-order valence-corrected chi connectivity index (χ3v) is 7.61. The van der Waals surface area contributed by atoms with Gasteiger partial charge in [0, 0.05) is 26.2 Å². The van der Waals surface area contributed by atoms with Crippen LogP contribution in [0.15, 0.2) is 94.5 Å². The van der Waals surface area contributed by atoms with Crippen LogP contribution < -0.4 is 11.2 Å². The van der Waals surface area contributed by atoms with Gasteiger partial charge >= 0.3 is 11.7 Å². The first kappa shape index (κ1) is 27.6. The Morgan fingerprint density at radius 3 is 2.02 bits per heavy atom. The van der Waals surface area contributed by atoms with E-state index >= 15 is 0 Å². The SMILES string of the molecule is O=C(O)CCn1c(=O)c2ccccc2n(CCCN2CCC(OC(c3ccccc3)c3ccccc3)CC2)c1=O. The molecule has 0 bridgehead atoms. The Labute approximate surface area is 233 Å². The Hall–Kier alpha value is -4.01.